The Kier molecular flexibility index (Phi) is 8.18. The molecule has 4 heteroatoms. The van der Waals surface area contributed by atoms with Crippen molar-refractivity contribution >= 4 is 82.6 Å². The second kappa shape index (κ2) is 14.5. The van der Waals surface area contributed by atoms with Crippen molar-refractivity contribution in [1.29, 1.82) is 0 Å². The normalized spacial score (nSPS) is 11.8. The number of para-hydroxylation sites is 6. The highest BCUT2D eigenvalue weighted by molar-refractivity contribution is 6.14. The molecule has 0 amide bonds. The molecule has 3 aromatic heterocycles. The fraction of sp³-hybridized carbons (Fsp3) is 0. The van der Waals surface area contributed by atoms with Crippen LogP contribution >= 0.6 is 0 Å². The van der Waals surface area contributed by atoms with E-state index in [1.54, 1.807) is 0 Å². The minimum Gasteiger partial charge on any atom is -0.454 e. The number of nitrogens with zero attached hydrogens (tertiary/aromatic N) is 3. The summed E-state index contributed by atoms with van der Waals surface area (Å²) >= 11 is 0. The average molecular weight is 818 g/mol. The first-order valence-corrected chi connectivity index (χ1v) is 21.8. The van der Waals surface area contributed by atoms with E-state index < -0.39 is 0 Å². The number of furan rings is 1. The van der Waals surface area contributed by atoms with Gasteiger partial charge >= 0.3 is 0 Å². The molecule has 13 aromatic rings. The maximum Gasteiger partial charge on any atom is 0.159 e. The van der Waals surface area contributed by atoms with Gasteiger partial charge in [-0.05, 0) is 125 Å². The highest BCUT2D eigenvalue weighted by atomic mass is 16.3. The van der Waals surface area contributed by atoms with Crippen LogP contribution in [-0.2, 0) is 0 Å². The van der Waals surface area contributed by atoms with Crippen molar-refractivity contribution in [2.24, 2.45) is 0 Å². The van der Waals surface area contributed by atoms with Crippen LogP contribution in [0.2, 0.25) is 0 Å². The highest BCUT2D eigenvalue weighted by Crippen LogP contribution is 2.44. The largest absolute Gasteiger partial charge is 0.454 e. The van der Waals surface area contributed by atoms with Crippen LogP contribution in [0.1, 0.15) is 0 Å². The molecule has 0 spiro atoms. The van der Waals surface area contributed by atoms with E-state index in [1.807, 2.05) is 12.1 Å². The van der Waals surface area contributed by atoms with Crippen molar-refractivity contribution in [1.82, 2.24) is 9.13 Å². The third-order valence-corrected chi connectivity index (χ3v) is 12.9. The quantitative estimate of drug-likeness (QED) is 0.160. The Bertz CT molecular complexity index is 3880. The predicted octanol–water partition coefficient (Wildman–Crippen LogP) is 16.6. The lowest BCUT2D eigenvalue weighted by molar-refractivity contribution is 0.669. The Hall–Kier alpha value is -8.60. The first kappa shape index (κ1) is 36.1. The van der Waals surface area contributed by atoms with E-state index in [0.29, 0.717) is 0 Å². The van der Waals surface area contributed by atoms with Crippen LogP contribution in [0.3, 0.4) is 0 Å². The lowest BCUT2D eigenvalue weighted by Gasteiger charge is -2.25. The third-order valence-electron chi connectivity index (χ3n) is 12.9. The van der Waals surface area contributed by atoms with Crippen LogP contribution in [0, 0.1) is 0 Å². The number of hydrogen-bond donors (Lipinski definition) is 0. The zero-order valence-corrected chi connectivity index (χ0v) is 34.8. The van der Waals surface area contributed by atoms with Crippen LogP contribution < -0.4 is 4.90 Å². The number of fused-ring (bicyclic) bond motifs is 9. The van der Waals surface area contributed by atoms with Gasteiger partial charge in [0.15, 0.2) is 5.58 Å². The smallest absolute Gasteiger partial charge is 0.159 e. The first-order chi connectivity index (χ1) is 31.7. The molecule has 0 saturated heterocycles. The van der Waals surface area contributed by atoms with E-state index in [4.69, 9.17) is 4.42 Å². The molecule has 4 nitrogen and oxygen atoms in total. The molecule has 64 heavy (non-hydrogen) atoms. The molecule has 0 N–H and O–H groups in total. The summed E-state index contributed by atoms with van der Waals surface area (Å²) in [4.78, 5) is 2.30. The van der Waals surface area contributed by atoms with Crippen molar-refractivity contribution in [3.63, 3.8) is 0 Å². The minimum atomic E-state index is 0.870. The Morgan fingerprint density at radius 2 is 0.734 bits per heavy atom. The molecule has 0 aliphatic rings. The maximum absolute atomic E-state index is 6.56. The Morgan fingerprint density at radius 3 is 1.34 bits per heavy atom. The standard InChI is InChI=1S/C60H39N3O/c1-4-15-44(16-5-1)61(58-25-14-23-50-49-22-11-13-26-59(49)64-60(50)58)47-32-27-40(28-33-47)41-29-34-56-52(37-41)53-39-43(31-36-57(53)63(56)46-19-8-3-9-20-46)42-30-35-55-51(38-42)48-21-10-12-24-54(48)62(55)45-17-6-2-7-18-45/h1-39H. The second-order valence-corrected chi connectivity index (χ2v) is 16.5. The molecule has 0 bridgehead atoms. The van der Waals surface area contributed by atoms with Gasteiger partial charge < -0.3 is 18.5 Å². The summed E-state index contributed by atoms with van der Waals surface area (Å²) in [5, 5.41) is 7.15. The summed E-state index contributed by atoms with van der Waals surface area (Å²) in [6.07, 6.45) is 0. The SMILES string of the molecule is c1ccc(N(c2ccc(-c3ccc4c(c3)c3cc(-c5ccc6c(c5)c5ccccc5n6-c5ccccc5)ccc3n4-c3ccccc3)cc2)c2cccc3c2oc2ccccc23)cc1. The van der Waals surface area contributed by atoms with Gasteiger partial charge in [-0.25, -0.2) is 0 Å². The van der Waals surface area contributed by atoms with E-state index in [2.05, 4.69) is 238 Å². The molecule has 3 heterocycles. The molecule has 0 aliphatic carbocycles. The molecule has 300 valence electrons. The van der Waals surface area contributed by atoms with E-state index in [-0.39, 0.29) is 0 Å². The van der Waals surface area contributed by atoms with Crippen molar-refractivity contribution in [3.8, 4) is 33.6 Å². The van der Waals surface area contributed by atoms with Crippen LogP contribution in [0.15, 0.2) is 241 Å². The fourth-order valence-electron chi connectivity index (χ4n) is 9.96. The molecule has 0 aliphatic heterocycles. The summed E-state index contributed by atoms with van der Waals surface area (Å²) in [7, 11) is 0. The Balaban J connectivity index is 0.940. The summed E-state index contributed by atoms with van der Waals surface area (Å²) in [5.74, 6) is 0. The zero-order valence-electron chi connectivity index (χ0n) is 34.8. The second-order valence-electron chi connectivity index (χ2n) is 16.5. The van der Waals surface area contributed by atoms with E-state index in [0.717, 1.165) is 61.5 Å². The molecule has 13 rings (SSSR count). The molecule has 0 saturated carbocycles. The zero-order chi connectivity index (χ0) is 42.1. The minimum absolute atomic E-state index is 0.870. The number of hydrogen-bond acceptors (Lipinski definition) is 2. The summed E-state index contributed by atoms with van der Waals surface area (Å²) in [6, 6.07) is 85.1. The lowest BCUT2D eigenvalue weighted by Crippen LogP contribution is -2.10. The van der Waals surface area contributed by atoms with Crippen LogP contribution in [-0.4, -0.2) is 9.13 Å². The lowest BCUT2D eigenvalue weighted by atomic mass is 9.99. The van der Waals surface area contributed by atoms with Gasteiger partial charge in [0.1, 0.15) is 5.58 Å². The molecule has 10 aromatic carbocycles. The van der Waals surface area contributed by atoms with Crippen LogP contribution in [0.5, 0.6) is 0 Å². The highest BCUT2D eigenvalue weighted by Gasteiger charge is 2.20. The van der Waals surface area contributed by atoms with Gasteiger partial charge in [0, 0.05) is 55.1 Å². The van der Waals surface area contributed by atoms with Crippen LogP contribution in [0.25, 0.3) is 99.2 Å². The summed E-state index contributed by atoms with van der Waals surface area (Å²) in [5.41, 5.74) is 16.6. The molecule has 0 atom stereocenters. The van der Waals surface area contributed by atoms with Crippen molar-refractivity contribution in [2.75, 3.05) is 4.90 Å². The van der Waals surface area contributed by atoms with Crippen LogP contribution in [0.4, 0.5) is 17.1 Å². The predicted molar refractivity (Wildman–Crippen MR) is 268 cm³/mol. The monoisotopic (exact) mass is 817 g/mol. The molecule has 0 unspecified atom stereocenters. The van der Waals surface area contributed by atoms with E-state index in [1.165, 1.54) is 54.7 Å². The van der Waals surface area contributed by atoms with Gasteiger partial charge in [-0.3, -0.25) is 0 Å². The van der Waals surface area contributed by atoms with Crippen molar-refractivity contribution in [2.45, 2.75) is 0 Å². The molecular formula is C60H39N3O. The van der Waals surface area contributed by atoms with Gasteiger partial charge in [0.05, 0.1) is 27.8 Å². The first-order valence-electron chi connectivity index (χ1n) is 21.8. The average Bonchev–Trinajstić information content (AvgIpc) is 4.03. The fourth-order valence-corrected chi connectivity index (χ4v) is 9.96. The topological polar surface area (TPSA) is 26.2 Å². The van der Waals surface area contributed by atoms with Gasteiger partial charge in [-0.1, -0.05) is 133 Å². The third kappa shape index (κ3) is 5.70. The number of benzene rings is 10. The molecule has 0 fully saturated rings. The number of rotatable bonds is 7. The molecular weight excluding hydrogens is 779 g/mol. The van der Waals surface area contributed by atoms with Crippen molar-refractivity contribution in [3.05, 3.63) is 237 Å². The van der Waals surface area contributed by atoms with Crippen molar-refractivity contribution < 1.29 is 4.42 Å². The Labute approximate surface area is 369 Å². The van der Waals surface area contributed by atoms with E-state index >= 15 is 0 Å². The van der Waals surface area contributed by atoms with Gasteiger partial charge in [0.25, 0.3) is 0 Å². The van der Waals surface area contributed by atoms with Gasteiger partial charge in [0.2, 0.25) is 0 Å². The Morgan fingerprint density at radius 1 is 0.297 bits per heavy atom. The summed E-state index contributed by atoms with van der Waals surface area (Å²) in [6.45, 7) is 0. The molecule has 0 radical (unpaired) electrons. The summed E-state index contributed by atoms with van der Waals surface area (Å²) < 4.78 is 11.3. The van der Waals surface area contributed by atoms with Gasteiger partial charge in [-0.2, -0.15) is 0 Å². The number of aromatic nitrogens is 2. The maximum atomic E-state index is 6.56. The van der Waals surface area contributed by atoms with Gasteiger partial charge in [-0.15, -0.1) is 0 Å². The van der Waals surface area contributed by atoms with E-state index in [9.17, 15) is 0 Å². The number of anilines is 3.